The van der Waals surface area contributed by atoms with Crippen LogP contribution in [0.2, 0.25) is 0 Å². The molecule has 0 atom stereocenters. The van der Waals surface area contributed by atoms with E-state index in [-0.39, 0.29) is 31.0 Å². The van der Waals surface area contributed by atoms with Crippen LogP contribution in [0.1, 0.15) is 1.43 Å². The summed E-state index contributed by atoms with van der Waals surface area (Å²) in [6.07, 6.45) is 0. The molecule has 0 saturated carbocycles. The maximum absolute atomic E-state index is 12.1. The van der Waals surface area contributed by atoms with Gasteiger partial charge in [-0.1, -0.05) is 6.07 Å². The Morgan fingerprint density at radius 3 is 1.90 bits per heavy atom. The number of rotatable bonds is 0. The Kier molecular flexibility index (Phi) is 3.86. The van der Waals surface area contributed by atoms with Gasteiger partial charge in [0.2, 0.25) is 0 Å². The van der Waals surface area contributed by atoms with E-state index in [1.807, 2.05) is 0 Å². The first-order chi connectivity index (χ1) is 4.22. The first-order valence-corrected chi connectivity index (χ1v) is 2.35. The summed E-state index contributed by atoms with van der Waals surface area (Å²) < 4.78 is 24.2. The second-order valence-corrected chi connectivity index (χ2v) is 1.57. The van der Waals surface area contributed by atoms with E-state index >= 15 is 0 Å². The fourth-order valence-electron chi connectivity index (χ4n) is 0.489. The summed E-state index contributed by atoms with van der Waals surface area (Å²) in [5, 5.41) is 8.46. The third-order valence-electron chi connectivity index (χ3n) is 0.938. The molecule has 50 valence electrons. The molecule has 0 saturated heterocycles. The number of phenols is 1. The van der Waals surface area contributed by atoms with E-state index in [0.717, 1.165) is 12.1 Å². The van der Waals surface area contributed by atoms with E-state index in [1.165, 1.54) is 6.07 Å². The van der Waals surface area contributed by atoms with Gasteiger partial charge in [-0.3, -0.25) is 0 Å². The zero-order chi connectivity index (χ0) is 6.85. The van der Waals surface area contributed by atoms with Crippen molar-refractivity contribution < 1.29 is 44.9 Å². The van der Waals surface area contributed by atoms with Crippen LogP contribution in [0.4, 0.5) is 8.78 Å². The standard InChI is InChI=1S/C6H4F2O.Na.H/c7-4-2-1-3-5(8)6(4)9;;/h1-3,9H;;/q;+1;-1. The van der Waals surface area contributed by atoms with Crippen LogP contribution in [0.15, 0.2) is 18.2 Å². The average molecular weight is 154 g/mol. The molecule has 1 nitrogen and oxygen atoms in total. The van der Waals surface area contributed by atoms with Gasteiger partial charge in [0.1, 0.15) is 0 Å². The van der Waals surface area contributed by atoms with Crippen LogP contribution in [-0.4, -0.2) is 5.11 Å². The Morgan fingerprint density at radius 1 is 1.20 bits per heavy atom. The van der Waals surface area contributed by atoms with Crippen molar-refractivity contribution in [1.82, 2.24) is 0 Å². The molecule has 0 fully saturated rings. The number of aromatic hydroxyl groups is 1. The van der Waals surface area contributed by atoms with Gasteiger partial charge in [-0.2, -0.15) is 0 Å². The number of hydrogen-bond acceptors (Lipinski definition) is 1. The van der Waals surface area contributed by atoms with Gasteiger partial charge in [-0.05, 0) is 12.1 Å². The molecule has 4 heteroatoms. The van der Waals surface area contributed by atoms with E-state index in [2.05, 4.69) is 0 Å². The molecule has 0 bridgehead atoms. The van der Waals surface area contributed by atoms with Gasteiger partial charge in [-0.25, -0.2) is 8.78 Å². The van der Waals surface area contributed by atoms with Gasteiger partial charge in [0.05, 0.1) is 0 Å². The predicted molar refractivity (Wildman–Crippen MR) is 29.1 cm³/mol. The quantitative estimate of drug-likeness (QED) is 0.465. The van der Waals surface area contributed by atoms with Crippen LogP contribution in [-0.2, 0) is 0 Å². The molecule has 0 aliphatic carbocycles. The fourth-order valence-corrected chi connectivity index (χ4v) is 0.489. The molecule has 0 spiro atoms. The number of benzene rings is 1. The van der Waals surface area contributed by atoms with Gasteiger partial charge < -0.3 is 6.53 Å². The Hall–Kier alpha value is -0.120. The maximum Gasteiger partial charge on any atom is 1.00 e. The zero-order valence-electron chi connectivity index (χ0n) is 6.44. The number of para-hydroxylation sites is 1. The minimum Gasteiger partial charge on any atom is -1.00 e. The van der Waals surface area contributed by atoms with Gasteiger partial charge in [0, 0.05) is 0 Å². The van der Waals surface area contributed by atoms with E-state index in [1.54, 1.807) is 0 Å². The van der Waals surface area contributed by atoms with Crippen molar-refractivity contribution in [1.29, 1.82) is 0 Å². The van der Waals surface area contributed by atoms with Crippen molar-refractivity contribution in [2.75, 3.05) is 0 Å². The van der Waals surface area contributed by atoms with E-state index in [0.29, 0.717) is 0 Å². The summed E-state index contributed by atoms with van der Waals surface area (Å²) in [5.41, 5.74) is 0. The van der Waals surface area contributed by atoms with E-state index in [9.17, 15) is 8.78 Å². The third-order valence-corrected chi connectivity index (χ3v) is 0.938. The second kappa shape index (κ2) is 3.91. The maximum atomic E-state index is 12.1. The van der Waals surface area contributed by atoms with Crippen LogP contribution < -0.4 is 29.6 Å². The summed E-state index contributed by atoms with van der Waals surface area (Å²) in [4.78, 5) is 0. The molecule has 10 heavy (non-hydrogen) atoms. The topological polar surface area (TPSA) is 20.2 Å². The van der Waals surface area contributed by atoms with Crippen LogP contribution in [0.25, 0.3) is 0 Å². The molecule has 0 aliphatic heterocycles. The summed E-state index contributed by atoms with van der Waals surface area (Å²) in [7, 11) is 0. The van der Waals surface area contributed by atoms with Crippen molar-refractivity contribution in [2.45, 2.75) is 0 Å². The molecule has 0 unspecified atom stereocenters. The van der Waals surface area contributed by atoms with Gasteiger partial charge >= 0.3 is 29.6 Å². The molecule has 0 amide bonds. The normalized spacial score (nSPS) is 8.60. The third kappa shape index (κ3) is 1.94. The van der Waals surface area contributed by atoms with Gasteiger partial charge in [-0.15, -0.1) is 0 Å². The number of halogens is 2. The van der Waals surface area contributed by atoms with E-state index in [4.69, 9.17) is 5.11 Å². The summed E-state index contributed by atoms with van der Waals surface area (Å²) >= 11 is 0. The minimum absolute atomic E-state index is 0. The summed E-state index contributed by atoms with van der Waals surface area (Å²) in [6.45, 7) is 0. The number of hydrogen-bond donors (Lipinski definition) is 1. The molecule has 1 rings (SSSR count). The number of phenolic OH excluding ortho intramolecular Hbond substituents is 1. The fraction of sp³-hybridized carbons (Fsp3) is 0. The van der Waals surface area contributed by atoms with Gasteiger partial charge in [0.15, 0.2) is 17.4 Å². The zero-order valence-corrected chi connectivity index (χ0v) is 7.44. The Morgan fingerprint density at radius 2 is 1.60 bits per heavy atom. The SMILES string of the molecule is Oc1c(F)cccc1F.[H-].[Na+]. The predicted octanol–water partition coefficient (Wildman–Crippen LogP) is -1.21. The Bertz CT molecular complexity index is 212. The first kappa shape index (κ1) is 9.88. The van der Waals surface area contributed by atoms with Crippen molar-refractivity contribution in [2.24, 2.45) is 0 Å². The summed E-state index contributed by atoms with van der Waals surface area (Å²) in [6, 6.07) is 3.15. The average Bonchev–Trinajstić information content (AvgIpc) is 1.83. The largest absolute Gasteiger partial charge is 1.00 e. The van der Waals surface area contributed by atoms with Crippen molar-refractivity contribution in [3.05, 3.63) is 29.8 Å². The van der Waals surface area contributed by atoms with E-state index < -0.39 is 17.4 Å². The van der Waals surface area contributed by atoms with Gasteiger partial charge in [0.25, 0.3) is 0 Å². The molecule has 0 heterocycles. The van der Waals surface area contributed by atoms with Crippen LogP contribution in [0, 0.1) is 11.6 Å². The molecule has 1 aromatic carbocycles. The second-order valence-electron chi connectivity index (χ2n) is 1.57. The molecule has 0 aliphatic rings. The summed E-state index contributed by atoms with van der Waals surface area (Å²) in [5.74, 6) is -2.79. The van der Waals surface area contributed by atoms with Crippen LogP contribution in [0.5, 0.6) is 5.75 Å². The van der Waals surface area contributed by atoms with Crippen LogP contribution in [0.3, 0.4) is 0 Å². The molecular weight excluding hydrogens is 149 g/mol. The molecule has 1 aromatic rings. The molecule has 0 radical (unpaired) electrons. The van der Waals surface area contributed by atoms with Crippen molar-refractivity contribution in [3.63, 3.8) is 0 Å². The van der Waals surface area contributed by atoms with Crippen LogP contribution >= 0.6 is 0 Å². The minimum atomic E-state index is -0.935. The molecule has 0 aromatic heterocycles. The first-order valence-electron chi connectivity index (χ1n) is 2.35. The monoisotopic (exact) mass is 154 g/mol. The molecule has 1 N–H and O–H groups in total. The van der Waals surface area contributed by atoms with Crippen molar-refractivity contribution >= 4 is 0 Å². The van der Waals surface area contributed by atoms with Crippen molar-refractivity contribution in [3.8, 4) is 5.75 Å². The molecular formula is C6H5F2NaO. The Labute approximate surface area is 80.5 Å². The Balaban J connectivity index is 0. The smallest absolute Gasteiger partial charge is 1.00 e.